The van der Waals surface area contributed by atoms with E-state index < -0.39 is 23.0 Å². The Hall–Kier alpha value is -0.970. The van der Waals surface area contributed by atoms with E-state index in [9.17, 15) is 13.0 Å². The molecule has 1 aromatic rings. The van der Waals surface area contributed by atoms with E-state index in [1.807, 2.05) is 0 Å². The van der Waals surface area contributed by atoms with E-state index in [2.05, 4.69) is 0 Å². The van der Waals surface area contributed by atoms with Crippen LogP contribution in [0.1, 0.15) is 5.56 Å². The molecule has 0 aromatic heterocycles. The van der Waals surface area contributed by atoms with Gasteiger partial charge in [-0.1, -0.05) is 6.07 Å². The third kappa shape index (κ3) is 2.77. The lowest BCUT2D eigenvalue weighted by Crippen LogP contribution is -2.09. The van der Waals surface area contributed by atoms with E-state index in [0.29, 0.717) is 10.6 Å². The third-order valence-corrected chi connectivity index (χ3v) is 3.09. The van der Waals surface area contributed by atoms with E-state index >= 15 is 0 Å². The maximum absolute atomic E-state index is 12.0. The zero-order chi connectivity index (χ0) is 10.7. The smallest absolute Gasteiger partial charge is 0.250 e. The van der Waals surface area contributed by atoms with Crippen molar-refractivity contribution in [2.24, 2.45) is 0 Å². The van der Waals surface area contributed by atoms with Crippen molar-refractivity contribution in [2.75, 3.05) is 11.5 Å². The number of nitrogens with two attached hydrogens (primary N) is 1. The molecule has 1 rings (SSSR count). The molecule has 0 fully saturated rings. The molecule has 2 nitrogen and oxygen atoms in total. The SMILES string of the molecule is Cc1ccc(N)c(S(=O)CC(F)F)c1. The normalized spacial score (nSPS) is 13.1. The van der Waals surface area contributed by atoms with Gasteiger partial charge in [0.15, 0.2) is 0 Å². The van der Waals surface area contributed by atoms with E-state index in [-0.39, 0.29) is 0 Å². The Labute approximate surface area is 83.6 Å². The zero-order valence-electron chi connectivity index (χ0n) is 7.67. The quantitative estimate of drug-likeness (QED) is 0.789. The first-order chi connectivity index (χ1) is 6.50. The molecule has 0 aliphatic carbocycles. The van der Waals surface area contributed by atoms with Crippen molar-refractivity contribution in [1.82, 2.24) is 0 Å². The standard InChI is InChI=1S/C9H11F2NOS/c1-6-2-3-7(12)8(4-6)14(13)5-9(10)11/h2-4,9H,5,12H2,1H3. The minimum Gasteiger partial charge on any atom is -0.398 e. The Morgan fingerprint density at radius 2 is 2.14 bits per heavy atom. The summed E-state index contributed by atoms with van der Waals surface area (Å²) >= 11 is 0. The molecule has 0 saturated heterocycles. The number of hydrogen-bond acceptors (Lipinski definition) is 2. The fraction of sp³-hybridized carbons (Fsp3) is 0.333. The fourth-order valence-electron chi connectivity index (χ4n) is 1.04. The molecular formula is C9H11F2NOS. The number of aryl methyl sites for hydroxylation is 1. The van der Waals surface area contributed by atoms with Crippen molar-refractivity contribution in [3.63, 3.8) is 0 Å². The molecule has 0 bridgehead atoms. The van der Waals surface area contributed by atoms with E-state index in [1.54, 1.807) is 25.1 Å². The van der Waals surface area contributed by atoms with Crippen molar-refractivity contribution in [3.8, 4) is 0 Å². The topological polar surface area (TPSA) is 43.1 Å². The van der Waals surface area contributed by atoms with Crippen LogP contribution in [-0.4, -0.2) is 16.4 Å². The van der Waals surface area contributed by atoms with Crippen LogP contribution in [0.2, 0.25) is 0 Å². The zero-order valence-corrected chi connectivity index (χ0v) is 8.48. The van der Waals surface area contributed by atoms with Gasteiger partial charge in [0.1, 0.15) is 0 Å². The molecule has 78 valence electrons. The van der Waals surface area contributed by atoms with Gasteiger partial charge in [0.05, 0.1) is 21.4 Å². The minimum absolute atomic E-state index is 0.297. The molecule has 1 aromatic carbocycles. The van der Waals surface area contributed by atoms with Crippen LogP contribution in [0.15, 0.2) is 23.1 Å². The highest BCUT2D eigenvalue weighted by atomic mass is 32.2. The van der Waals surface area contributed by atoms with E-state index in [1.165, 1.54) is 0 Å². The molecule has 14 heavy (non-hydrogen) atoms. The monoisotopic (exact) mass is 219 g/mol. The number of anilines is 1. The van der Waals surface area contributed by atoms with Crippen molar-refractivity contribution in [3.05, 3.63) is 23.8 Å². The number of hydrogen-bond donors (Lipinski definition) is 1. The summed E-state index contributed by atoms with van der Waals surface area (Å²) < 4.78 is 35.3. The second-order valence-electron chi connectivity index (χ2n) is 2.94. The van der Waals surface area contributed by atoms with Gasteiger partial charge < -0.3 is 5.73 Å². The third-order valence-electron chi connectivity index (χ3n) is 1.69. The second kappa shape index (κ2) is 4.50. The van der Waals surface area contributed by atoms with Gasteiger partial charge in [-0.3, -0.25) is 4.21 Å². The van der Waals surface area contributed by atoms with Gasteiger partial charge in [0.2, 0.25) is 6.43 Å². The van der Waals surface area contributed by atoms with Gasteiger partial charge >= 0.3 is 0 Å². The molecule has 2 N–H and O–H groups in total. The number of halogens is 2. The molecule has 0 aliphatic heterocycles. The predicted octanol–water partition coefficient (Wildman–Crippen LogP) is 1.95. The fourth-order valence-corrected chi connectivity index (χ4v) is 2.10. The molecule has 0 aliphatic rings. The molecule has 1 unspecified atom stereocenters. The van der Waals surface area contributed by atoms with Crippen molar-refractivity contribution in [2.45, 2.75) is 18.2 Å². The average Bonchev–Trinajstić information content (AvgIpc) is 2.08. The van der Waals surface area contributed by atoms with Crippen molar-refractivity contribution >= 4 is 16.5 Å². The number of alkyl halides is 2. The summed E-state index contributed by atoms with van der Waals surface area (Å²) in [6.45, 7) is 1.79. The van der Waals surface area contributed by atoms with Crippen LogP contribution < -0.4 is 5.73 Å². The summed E-state index contributed by atoms with van der Waals surface area (Å²) in [5, 5.41) is 0. The minimum atomic E-state index is -2.57. The highest BCUT2D eigenvalue weighted by Crippen LogP contribution is 2.19. The molecule has 0 radical (unpaired) electrons. The number of nitrogen functional groups attached to an aromatic ring is 1. The van der Waals surface area contributed by atoms with Gasteiger partial charge in [-0.2, -0.15) is 0 Å². The lowest BCUT2D eigenvalue weighted by atomic mass is 10.2. The van der Waals surface area contributed by atoms with Crippen LogP contribution in [0, 0.1) is 6.92 Å². The van der Waals surface area contributed by atoms with Gasteiger partial charge in [-0.25, -0.2) is 8.78 Å². The lowest BCUT2D eigenvalue weighted by Gasteiger charge is -2.06. The van der Waals surface area contributed by atoms with E-state index in [0.717, 1.165) is 5.56 Å². The Balaban J connectivity index is 2.94. The first-order valence-corrected chi connectivity index (χ1v) is 5.35. The average molecular weight is 219 g/mol. The molecule has 5 heteroatoms. The van der Waals surface area contributed by atoms with Crippen molar-refractivity contribution < 1.29 is 13.0 Å². The molecule has 0 amide bonds. The molecule has 1 atom stereocenters. The lowest BCUT2D eigenvalue weighted by molar-refractivity contribution is 0.175. The Morgan fingerprint density at radius 3 is 2.71 bits per heavy atom. The van der Waals surface area contributed by atoms with Gasteiger partial charge in [0.25, 0.3) is 0 Å². The van der Waals surface area contributed by atoms with Crippen molar-refractivity contribution in [1.29, 1.82) is 0 Å². The summed E-state index contributed by atoms with van der Waals surface area (Å²) in [5.74, 6) is -0.659. The maximum Gasteiger partial charge on any atom is 0.250 e. The Bertz CT molecular complexity index is 355. The highest BCUT2D eigenvalue weighted by molar-refractivity contribution is 7.85. The van der Waals surface area contributed by atoms with Crippen LogP contribution in [0.5, 0.6) is 0 Å². The van der Waals surface area contributed by atoms with E-state index in [4.69, 9.17) is 5.73 Å². The van der Waals surface area contributed by atoms with Gasteiger partial charge in [-0.15, -0.1) is 0 Å². The Morgan fingerprint density at radius 1 is 1.50 bits per heavy atom. The first kappa shape index (κ1) is 11.1. The summed E-state index contributed by atoms with van der Waals surface area (Å²) in [4.78, 5) is 0.297. The molecule has 0 heterocycles. The second-order valence-corrected chi connectivity index (χ2v) is 4.41. The van der Waals surface area contributed by atoms with Crippen LogP contribution in [0.3, 0.4) is 0 Å². The first-order valence-electron chi connectivity index (χ1n) is 4.03. The summed E-state index contributed by atoms with van der Waals surface area (Å²) in [7, 11) is -1.71. The van der Waals surface area contributed by atoms with Crippen LogP contribution in [-0.2, 0) is 10.8 Å². The van der Waals surface area contributed by atoms with Crippen LogP contribution in [0.25, 0.3) is 0 Å². The maximum atomic E-state index is 12.0. The van der Waals surface area contributed by atoms with Gasteiger partial charge in [-0.05, 0) is 24.6 Å². The molecule has 0 spiro atoms. The van der Waals surface area contributed by atoms with Crippen LogP contribution >= 0.6 is 0 Å². The van der Waals surface area contributed by atoms with Crippen LogP contribution in [0.4, 0.5) is 14.5 Å². The largest absolute Gasteiger partial charge is 0.398 e. The number of benzene rings is 1. The summed E-state index contributed by atoms with van der Waals surface area (Å²) in [5.41, 5.74) is 6.69. The summed E-state index contributed by atoms with van der Waals surface area (Å²) in [6.07, 6.45) is -2.57. The highest BCUT2D eigenvalue weighted by Gasteiger charge is 2.13. The van der Waals surface area contributed by atoms with Gasteiger partial charge in [0, 0.05) is 5.69 Å². The predicted molar refractivity (Wildman–Crippen MR) is 52.9 cm³/mol. The number of rotatable bonds is 3. The summed E-state index contributed by atoms with van der Waals surface area (Å²) in [6, 6.07) is 4.90. The molecule has 0 saturated carbocycles. The Kier molecular flexibility index (Phi) is 3.57. The molecular weight excluding hydrogens is 208 g/mol.